The zero-order valence-corrected chi connectivity index (χ0v) is 10.4. The minimum Gasteiger partial charge on any atom is -0.464 e. The first kappa shape index (κ1) is 11.9. The quantitative estimate of drug-likeness (QED) is 0.843. The monoisotopic (exact) mass is 254 g/mol. The molecule has 0 spiro atoms. The Morgan fingerprint density at radius 1 is 1.05 bits per heavy atom. The Hall–Kier alpha value is -2.13. The molecular formula is C16H14O3. The van der Waals surface area contributed by atoms with Crippen LogP contribution in [0.3, 0.4) is 0 Å². The molecule has 2 aromatic carbocycles. The summed E-state index contributed by atoms with van der Waals surface area (Å²) in [5.41, 5.74) is 1.71. The Labute approximate surface area is 111 Å². The van der Waals surface area contributed by atoms with Crippen LogP contribution in [0.25, 0.3) is 0 Å². The highest BCUT2D eigenvalue weighted by atomic mass is 16.7. The number of fused-ring (bicyclic) bond motifs is 1. The van der Waals surface area contributed by atoms with Crippen LogP contribution in [0.15, 0.2) is 54.6 Å². The Bertz CT molecular complexity index is 578. The zero-order chi connectivity index (χ0) is 13.1. The summed E-state index contributed by atoms with van der Waals surface area (Å²) in [6.45, 7) is 0.445. The third kappa shape index (κ3) is 2.66. The van der Waals surface area contributed by atoms with Crippen LogP contribution < -0.4 is 4.74 Å². The highest BCUT2D eigenvalue weighted by Crippen LogP contribution is 2.27. The maximum atomic E-state index is 11.9. The Morgan fingerprint density at radius 2 is 1.79 bits per heavy atom. The molecule has 0 saturated carbocycles. The number of hydrogen-bond donors (Lipinski definition) is 0. The summed E-state index contributed by atoms with van der Waals surface area (Å²) >= 11 is 0. The number of Topliss-reactive ketones (excluding diaryl/α,β-unsaturated/α-hetero) is 1. The molecule has 0 bridgehead atoms. The fraction of sp³-hybridized carbons (Fsp3) is 0.188. The van der Waals surface area contributed by atoms with Gasteiger partial charge in [0.05, 0.1) is 18.6 Å². The van der Waals surface area contributed by atoms with Crippen LogP contribution >= 0.6 is 0 Å². The van der Waals surface area contributed by atoms with Gasteiger partial charge in [-0.2, -0.15) is 0 Å². The number of carbonyl (C=O) groups excluding carboxylic acids is 1. The fourth-order valence-corrected chi connectivity index (χ4v) is 2.10. The minimum atomic E-state index is -0.498. The first-order chi connectivity index (χ1) is 9.33. The smallest absolute Gasteiger partial charge is 0.207 e. The molecule has 1 heterocycles. The van der Waals surface area contributed by atoms with Crippen LogP contribution in [-0.4, -0.2) is 12.1 Å². The summed E-state index contributed by atoms with van der Waals surface area (Å²) in [7, 11) is 0. The van der Waals surface area contributed by atoms with Gasteiger partial charge in [0.1, 0.15) is 5.75 Å². The van der Waals surface area contributed by atoms with Gasteiger partial charge in [0.15, 0.2) is 5.78 Å². The van der Waals surface area contributed by atoms with E-state index in [9.17, 15) is 4.79 Å². The topological polar surface area (TPSA) is 35.5 Å². The van der Waals surface area contributed by atoms with Crippen molar-refractivity contribution >= 4 is 5.78 Å². The van der Waals surface area contributed by atoms with Gasteiger partial charge in [-0.25, -0.2) is 0 Å². The summed E-state index contributed by atoms with van der Waals surface area (Å²) in [5, 5.41) is 0. The largest absolute Gasteiger partial charge is 0.464 e. The number of carbonyl (C=O) groups is 1. The van der Waals surface area contributed by atoms with E-state index in [-0.39, 0.29) is 12.2 Å². The molecule has 3 rings (SSSR count). The van der Waals surface area contributed by atoms with Gasteiger partial charge >= 0.3 is 0 Å². The van der Waals surface area contributed by atoms with Crippen molar-refractivity contribution in [1.29, 1.82) is 0 Å². The van der Waals surface area contributed by atoms with Gasteiger partial charge in [0.25, 0.3) is 0 Å². The number of para-hydroxylation sites is 1. The Kier molecular flexibility index (Phi) is 3.29. The molecule has 3 heteroatoms. The van der Waals surface area contributed by atoms with Crippen molar-refractivity contribution in [2.45, 2.75) is 19.3 Å². The lowest BCUT2D eigenvalue weighted by molar-refractivity contribution is -0.0915. The molecule has 1 aliphatic rings. The highest BCUT2D eigenvalue weighted by Gasteiger charge is 2.26. The second kappa shape index (κ2) is 5.24. The summed E-state index contributed by atoms with van der Waals surface area (Å²) < 4.78 is 11.3. The normalized spacial score (nSPS) is 17.7. The van der Waals surface area contributed by atoms with Crippen LogP contribution in [0.5, 0.6) is 5.75 Å². The molecule has 2 aromatic rings. The summed E-state index contributed by atoms with van der Waals surface area (Å²) in [5.74, 6) is 0.678. The minimum absolute atomic E-state index is 0.0694. The second-order valence-electron chi connectivity index (χ2n) is 4.47. The molecule has 19 heavy (non-hydrogen) atoms. The molecule has 0 radical (unpaired) electrons. The molecule has 0 fully saturated rings. The molecule has 0 aliphatic carbocycles. The molecule has 0 amide bonds. The van der Waals surface area contributed by atoms with Crippen molar-refractivity contribution < 1.29 is 14.3 Å². The number of ketones is 1. The molecule has 1 atom stereocenters. The van der Waals surface area contributed by atoms with Crippen molar-refractivity contribution in [3.05, 3.63) is 65.7 Å². The third-order valence-electron chi connectivity index (χ3n) is 3.08. The van der Waals surface area contributed by atoms with Gasteiger partial charge < -0.3 is 9.47 Å². The number of hydrogen-bond acceptors (Lipinski definition) is 3. The van der Waals surface area contributed by atoms with E-state index in [0.29, 0.717) is 17.9 Å². The van der Waals surface area contributed by atoms with Crippen molar-refractivity contribution in [2.24, 2.45) is 0 Å². The van der Waals surface area contributed by atoms with Gasteiger partial charge in [-0.1, -0.05) is 42.5 Å². The van der Waals surface area contributed by atoms with E-state index in [1.165, 1.54) is 0 Å². The first-order valence-electron chi connectivity index (χ1n) is 6.27. The standard InChI is InChI=1S/C16H14O3/c17-14-10-16(18-11-12-6-2-1-3-7-12)19-15-9-5-4-8-13(14)15/h1-9,16H,10-11H2. The Morgan fingerprint density at radius 3 is 2.63 bits per heavy atom. The molecule has 1 unspecified atom stereocenters. The number of benzene rings is 2. The van der Waals surface area contributed by atoms with Crippen LogP contribution in [0.4, 0.5) is 0 Å². The fourth-order valence-electron chi connectivity index (χ4n) is 2.10. The Balaban J connectivity index is 1.67. The lowest BCUT2D eigenvalue weighted by Crippen LogP contribution is -2.29. The van der Waals surface area contributed by atoms with Gasteiger partial charge in [-0.3, -0.25) is 4.79 Å². The molecule has 3 nitrogen and oxygen atoms in total. The van der Waals surface area contributed by atoms with Crippen LogP contribution in [0, 0.1) is 0 Å². The SMILES string of the molecule is O=C1CC(OCc2ccccc2)Oc2ccccc21. The van der Waals surface area contributed by atoms with Crippen molar-refractivity contribution in [2.75, 3.05) is 0 Å². The van der Waals surface area contributed by atoms with E-state index in [0.717, 1.165) is 5.56 Å². The molecular weight excluding hydrogens is 240 g/mol. The third-order valence-corrected chi connectivity index (χ3v) is 3.08. The maximum absolute atomic E-state index is 11.9. The van der Waals surface area contributed by atoms with Crippen molar-refractivity contribution in [3.63, 3.8) is 0 Å². The van der Waals surface area contributed by atoms with Gasteiger partial charge in [0, 0.05) is 0 Å². The average Bonchev–Trinajstić information content (AvgIpc) is 2.46. The molecule has 0 N–H and O–H groups in total. The number of ether oxygens (including phenoxy) is 2. The number of rotatable bonds is 3. The van der Waals surface area contributed by atoms with Gasteiger partial charge in [0.2, 0.25) is 6.29 Å². The van der Waals surface area contributed by atoms with E-state index in [1.54, 1.807) is 12.1 Å². The van der Waals surface area contributed by atoms with Crippen molar-refractivity contribution in [3.8, 4) is 5.75 Å². The van der Waals surface area contributed by atoms with Gasteiger partial charge in [-0.15, -0.1) is 0 Å². The van der Waals surface area contributed by atoms with Crippen molar-refractivity contribution in [1.82, 2.24) is 0 Å². The highest BCUT2D eigenvalue weighted by molar-refractivity contribution is 5.99. The molecule has 96 valence electrons. The molecule has 0 aromatic heterocycles. The summed E-state index contributed by atoms with van der Waals surface area (Å²) in [4.78, 5) is 11.9. The van der Waals surface area contributed by atoms with Crippen LogP contribution in [0.1, 0.15) is 22.3 Å². The van der Waals surface area contributed by atoms with E-state index in [4.69, 9.17) is 9.47 Å². The predicted octanol–water partition coefficient (Wildman–Crippen LogP) is 3.19. The van der Waals surface area contributed by atoms with E-state index in [2.05, 4.69) is 0 Å². The second-order valence-corrected chi connectivity index (χ2v) is 4.47. The summed E-state index contributed by atoms with van der Waals surface area (Å²) in [6, 6.07) is 17.1. The molecule has 1 aliphatic heterocycles. The lowest BCUT2D eigenvalue weighted by atomic mass is 10.0. The molecule has 0 saturated heterocycles. The maximum Gasteiger partial charge on any atom is 0.207 e. The van der Waals surface area contributed by atoms with Crippen LogP contribution in [0.2, 0.25) is 0 Å². The van der Waals surface area contributed by atoms with E-state index >= 15 is 0 Å². The van der Waals surface area contributed by atoms with E-state index in [1.807, 2.05) is 42.5 Å². The van der Waals surface area contributed by atoms with Gasteiger partial charge in [-0.05, 0) is 17.7 Å². The van der Waals surface area contributed by atoms with Crippen LogP contribution in [-0.2, 0) is 11.3 Å². The predicted molar refractivity (Wildman–Crippen MR) is 71.0 cm³/mol. The zero-order valence-electron chi connectivity index (χ0n) is 10.4. The summed E-state index contributed by atoms with van der Waals surface area (Å²) in [6.07, 6.45) is -0.230. The first-order valence-corrected chi connectivity index (χ1v) is 6.27. The average molecular weight is 254 g/mol. The lowest BCUT2D eigenvalue weighted by Gasteiger charge is -2.25. The van der Waals surface area contributed by atoms with E-state index < -0.39 is 6.29 Å².